The van der Waals surface area contributed by atoms with E-state index in [1.165, 1.54) is 10.6 Å². The molecule has 27 heavy (non-hydrogen) atoms. The number of benzene rings is 1. The van der Waals surface area contributed by atoms with E-state index in [4.69, 9.17) is 0 Å². The predicted molar refractivity (Wildman–Crippen MR) is 105 cm³/mol. The van der Waals surface area contributed by atoms with Crippen LogP contribution >= 0.6 is 11.8 Å². The first-order valence-electron chi connectivity index (χ1n) is 8.92. The van der Waals surface area contributed by atoms with Crippen molar-refractivity contribution in [2.75, 3.05) is 23.8 Å². The van der Waals surface area contributed by atoms with Crippen LogP contribution in [0.4, 0.5) is 0 Å². The number of amides is 2. The van der Waals surface area contributed by atoms with Gasteiger partial charge < -0.3 is 5.32 Å². The van der Waals surface area contributed by atoms with E-state index < -0.39 is 15.9 Å². The normalized spacial score (nSPS) is 21.8. The Kier molecular flexibility index (Phi) is 6.21. The number of hydrogen-bond acceptors (Lipinski definition) is 6. The van der Waals surface area contributed by atoms with Gasteiger partial charge in [0.05, 0.1) is 17.5 Å². The predicted octanol–water partition coefficient (Wildman–Crippen LogP) is 1.37. The molecule has 1 N–H and O–H groups in total. The summed E-state index contributed by atoms with van der Waals surface area (Å²) < 4.78 is 23.3. The third kappa shape index (κ3) is 5.32. The maximum absolute atomic E-state index is 12.3. The SMILES string of the molecule is Cc1ccc(SCCNC(=O)C2=NN(C3CCS(=O)(=O)C3)C(=O)CC2)cc1. The average molecular weight is 410 g/mol. The minimum atomic E-state index is -3.12. The van der Waals surface area contributed by atoms with Gasteiger partial charge in [0, 0.05) is 30.0 Å². The molecule has 0 spiro atoms. The van der Waals surface area contributed by atoms with Crippen molar-refractivity contribution >= 4 is 39.1 Å². The van der Waals surface area contributed by atoms with E-state index in [-0.39, 0.29) is 36.2 Å². The first-order chi connectivity index (χ1) is 12.8. The standard InChI is InChI=1S/C18H23N3O4S2/c1-13-2-4-15(5-3-13)26-10-9-19-18(23)16-6-7-17(22)21(20-16)14-8-11-27(24,25)12-14/h2-5,14H,6-12H2,1H3,(H,19,23). The van der Waals surface area contributed by atoms with Crippen molar-refractivity contribution in [1.82, 2.24) is 10.3 Å². The fourth-order valence-corrected chi connectivity index (χ4v) is 5.52. The molecule has 1 unspecified atom stereocenters. The minimum absolute atomic E-state index is 0.0642. The van der Waals surface area contributed by atoms with Crippen LogP contribution in [0.2, 0.25) is 0 Å². The summed E-state index contributed by atoms with van der Waals surface area (Å²) in [5.41, 5.74) is 1.50. The molecule has 146 valence electrons. The van der Waals surface area contributed by atoms with Crippen LogP contribution in [-0.4, -0.2) is 60.8 Å². The van der Waals surface area contributed by atoms with E-state index in [0.717, 1.165) is 10.6 Å². The van der Waals surface area contributed by atoms with Crippen molar-refractivity contribution in [2.45, 2.75) is 37.1 Å². The topological polar surface area (TPSA) is 95.9 Å². The van der Waals surface area contributed by atoms with Gasteiger partial charge in [0.25, 0.3) is 5.91 Å². The van der Waals surface area contributed by atoms with Crippen molar-refractivity contribution in [3.8, 4) is 0 Å². The molecular formula is C18H23N3O4S2. The van der Waals surface area contributed by atoms with Gasteiger partial charge in [-0.2, -0.15) is 5.10 Å². The molecule has 1 aromatic rings. The summed E-state index contributed by atoms with van der Waals surface area (Å²) >= 11 is 1.65. The molecule has 1 saturated heterocycles. The Balaban J connectivity index is 1.52. The van der Waals surface area contributed by atoms with E-state index in [9.17, 15) is 18.0 Å². The van der Waals surface area contributed by atoms with Crippen molar-refractivity contribution < 1.29 is 18.0 Å². The lowest BCUT2D eigenvalue weighted by molar-refractivity contribution is -0.133. The molecule has 0 bridgehead atoms. The van der Waals surface area contributed by atoms with Crippen LogP contribution in [0.15, 0.2) is 34.3 Å². The van der Waals surface area contributed by atoms with Gasteiger partial charge in [0.15, 0.2) is 9.84 Å². The number of nitrogens with one attached hydrogen (secondary N) is 1. The summed E-state index contributed by atoms with van der Waals surface area (Å²) in [5.74, 6) is 0.200. The van der Waals surface area contributed by atoms with Crippen molar-refractivity contribution in [3.63, 3.8) is 0 Å². The zero-order valence-corrected chi connectivity index (χ0v) is 16.8. The molecule has 0 radical (unpaired) electrons. The maximum atomic E-state index is 12.3. The zero-order chi connectivity index (χ0) is 19.4. The third-order valence-corrected chi connectivity index (χ3v) is 7.32. The van der Waals surface area contributed by atoms with Crippen LogP contribution < -0.4 is 5.32 Å². The highest BCUT2D eigenvalue weighted by Gasteiger charge is 2.37. The second-order valence-corrected chi connectivity index (χ2v) is 10.2. The Bertz CT molecular complexity index is 850. The first kappa shape index (κ1) is 19.9. The number of hydrogen-bond donors (Lipinski definition) is 1. The van der Waals surface area contributed by atoms with Crippen molar-refractivity contribution in [1.29, 1.82) is 0 Å². The van der Waals surface area contributed by atoms with Gasteiger partial charge in [-0.25, -0.2) is 13.4 Å². The Hall–Kier alpha value is -1.87. The second kappa shape index (κ2) is 8.43. The van der Waals surface area contributed by atoms with Crippen LogP contribution in [0.1, 0.15) is 24.8 Å². The van der Waals surface area contributed by atoms with Crippen LogP contribution in [0.5, 0.6) is 0 Å². The smallest absolute Gasteiger partial charge is 0.267 e. The number of aryl methyl sites for hydroxylation is 1. The van der Waals surface area contributed by atoms with Gasteiger partial charge in [-0.3, -0.25) is 9.59 Å². The Labute approximate surface area is 163 Å². The summed E-state index contributed by atoms with van der Waals surface area (Å²) in [6, 6.07) is 7.74. The van der Waals surface area contributed by atoms with Crippen LogP contribution in [-0.2, 0) is 19.4 Å². The van der Waals surface area contributed by atoms with Gasteiger partial charge in [-0.15, -0.1) is 11.8 Å². The molecule has 1 atom stereocenters. The quantitative estimate of drug-likeness (QED) is 0.565. The minimum Gasteiger partial charge on any atom is -0.350 e. The number of nitrogens with zero attached hydrogens (tertiary/aromatic N) is 2. The van der Waals surface area contributed by atoms with Crippen LogP contribution in [0.25, 0.3) is 0 Å². The summed E-state index contributed by atoms with van der Waals surface area (Å²) in [7, 11) is -3.12. The lowest BCUT2D eigenvalue weighted by Crippen LogP contribution is -2.44. The van der Waals surface area contributed by atoms with E-state index in [1.54, 1.807) is 11.8 Å². The van der Waals surface area contributed by atoms with Gasteiger partial charge in [-0.05, 0) is 25.5 Å². The largest absolute Gasteiger partial charge is 0.350 e. The summed E-state index contributed by atoms with van der Waals surface area (Å²) in [6.45, 7) is 2.52. The average Bonchev–Trinajstić information content (AvgIpc) is 3.00. The molecule has 7 nitrogen and oxygen atoms in total. The van der Waals surface area contributed by atoms with E-state index in [2.05, 4.69) is 10.4 Å². The summed E-state index contributed by atoms with van der Waals surface area (Å²) in [5, 5.41) is 8.22. The number of sulfone groups is 1. The van der Waals surface area contributed by atoms with Gasteiger partial charge in [-0.1, -0.05) is 17.7 Å². The van der Waals surface area contributed by atoms with E-state index in [0.29, 0.717) is 18.7 Å². The van der Waals surface area contributed by atoms with Gasteiger partial charge >= 0.3 is 0 Å². The molecule has 2 amide bonds. The highest BCUT2D eigenvalue weighted by molar-refractivity contribution is 7.99. The van der Waals surface area contributed by atoms with Gasteiger partial charge in [0.1, 0.15) is 5.71 Å². The number of carbonyl (C=O) groups is 2. The monoisotopic (exact) mass is 409 g/mol. The van der Waals surface area contributed by atoms with Crippen molar-refractivity contribution in [3.05, 3.63) is 29.8 Å². The molecule has 1 aromatic carbocycles. The maximum Gasteiger partial charge on any atom is 0.267 e. The van der Waals surface area contributed by atoms with Crippen LogP contribution in [0, 0.1) is 6.92 Å². The number of carbonyl (C=O) groups excluding carboxylic acids is 2. The molecule has 2 aliphatic heterocycles. The Morgan fingerprint density at radius 1 is 1.30 bits per heavy atom. The lowest BCUT2D eigenvalue weighted by Gasteiger charge is -2.27. The second-order valence-electron chi connectivity index (χ2n) is 6.76. The number of thioether (sulfide) groups is 1. The first-order valence-corrected chi connectivity index (χ1v) is 11.7. The summed E-state index contributed by atoms with van der Waals surface area (Å²) in [6.07, 6.45) is 0.840. The molecule has 0 aliphatic carbocycles. The fourth-order valence-electron chi connectivity index (χ4n) is 3.06. The Morgan fingerprint density at radius 3 is 2.70 bits per heavy atom. The molecule has 3 rings (SSSR count). The number of rotatable bonds is 6. The molecule has 0 saturated carbocycles. The molecule has 1 fully saturated rings. The number of hydrazone groups is 1. The molecule has 9 heteroatoms. The van der Waals surface area contributed by atoms with Crippen LogP contribution in [0.3, 0.4) is 0 Å². The highest BCUT2D eigenvalue weighted by Crippen LogP contribution is 2.22. The van der Waals surface area contributed by atoms with Crippen molar-refractivity contribution in [2.24, 2.45) is 5.10 Å². The Morgan fingerprint density at radius 2 is 2.04 bits per heavy atom. The fraction of sp³-hybridized carbons (Fsp3) is 0.500. The molecular weight excluding hydrogens is 386 g/mol. The molecule has 0 aromatic heterocycles. The lowest BCUT2D eigenvalue weighted by atomic mass is 10.1. The molecule has 2 heterocycles. The highest BCUT2D eigenvalue weighted by atomic mass is 32.2. The summed E-state index contributed by atoms with van der Waals surface area (Å²) in [4.78, 5) is 25.6. The van der Waals surface area contributed by atoms with E-state index in [1.807, 2.05) is 31.2 Å². The zero-order valence-electron chi connectivity index (χ0n) is 15.2. The third-order valence-electron chi connectivity index (χ3n) is 4.55. The van der Waals surface area contributed by atoms with Gasteiger partial charge in [0.2, 0.25) is 5.91 Å². The van der Waals surface area contributed by atoms with E-state index >= 15 is 0 Å². The molecule has 2 aliphatic rings.